The van der Waals surface area contributed by atoms with Crippen LogP contribution >= 0.6 is 0 Å². The number of nitrogens with one attached hydrogen (secondary N) is 4. The Hall–Kier alpha value is -3.87. The van der Waals surface area contributed by atoms with Crippen LogP contribution in [0, 0.1) is 0 Å². The van der Waals surface area contributed by atoms with Gasteiger partial charge in [-0.25, -0.2) is 0 Å². The lowest BCUT2D eigenvalue weighted by Crippen LogP contribution is -2.27. The monoisotopic (exact) mass is 563 g/mol. The minimum atomic E-state index is -0.168. The van der Waals surface area contributed by atoms with Gasteiger partial charge in [-0.3, -0.25) is 9.78 Å². The molecule has 3 aromatic rings. The first-order chi connectivity index (χ1) is 20.2. The lowest BCUT2D eigenvalue weighted by atomic mass is 9.96. The number of hydrogen-bond acceptors (Lipinski definition) is 11. The van der Waals surface area contributed by atoms with E-state index in [1.165, 1.54) is 19.3 Å². The standard InChI is InChI=1S/C29H41N9O3/c30-14-18-40-20-21-41-19-17-32-26(39)22-9-11-25(12-10-22)35-29-37-27(33-16-13-23-6-4-5-15-31-23)36-28(38-29)34-24-7-2-1-3-8-24/h4-6,9-12,15,24H,1-3,7-8,13-14,16-21,30H2,(H,32,39)(H3,33,34,35,36,37,38). The molecule has 12 nitrogen and oxygen atoms in total. The molecule has 1 amide bonds. The Bertz CT molecular complexity index is 1180. The third-order valence-corrected chi connectivity index (χ3v) is 6.53. The number of aromatic nitrogens is 4. The number of nitrogens with zero attached hydrogens (tertiary/aromatic N) is 4. The van der Waals surface area contributed by atoms with Gasteiger partial charge in [-0.2, -0.15) is 15.0 Å². The number of benzene rings is 1. The Balaban J connectivity index is 1.31. The lowest BCUT2D eigenvalue weighted by Gasteiger charge is -2.23. The van der Waals surface area contributed by atoms with Crippen molar-refractivity contribution in [1.82, 2.24) is 25.3 Å². The van der Waals surface area contributed by atoms with Crippen LogP contribution in [0.5, 0.6) is 0 Å². The van der Waals surface area contributed by atoms with Gasteiger partial charge in [-0.1, -0.05) is 25.3 Å². The zero-order valence-corrected chi connectivity index (χ0v) is 23.5. The largest absolute Gasteiger partial charge is 0.378 e. The van der Waals surface area contributed by atoms with Crippen LogP contribution in [0.15, 0.2) is 48.7 Å². The van der Waals surface area contributed by atoms with Gasteiger partial charge in [0.1, 0.15) is 0 Å². The van der Waals surface area contributed by atoms with Crippen molar-refractivity contribution in [3.8, 4) is 0 Å². The van der Waals surface area contributed by atoms with Gasteiger partial charge in [0.2, 0.25) is 17.8 Å². The lowest BCUT2D eigenvalue weighted by molar-refractivity contribution is 0.0511. The van der Waals surface area contributed by atoms with Gasteiger partial charge in [0.05, 0.1) is 26.4 Å². The van der Waals surface area contributed by atoms with Crippen LogP contribution < -0.4 is 27.0 Å². The van der Waals surface area contributed by atoms with Gasteiger partial charge in [0, 0.05) is 55.2 Å². The van der Waals surface area contributed by atoms with E-state index in [1.807, 2.05) is 30.3 Å². The molecule has 1 aliphatic rings. The first-order valence-corrected chi connectivity index (χ1v) is 14.4. The molecule has 2 heterocycles. The fourth-order valence-electron chi connectivity index (χ4n) is 4.43. The molecule has 1 aromatic carbocycles. The average molecular weight is 564 g/mol. The van der Waals surface area contributed by atoms with E-state index in [0.29, 0.717) is 75.5 Å². The first kappa shape index (κ1) is 30.1. The molecule has 0 unspecified atom stereocenters. The van der Waals surface area contributed by atoms with E-state index in [4.69, 9.17) is 15.2 Å². The predicted octanol–water partition coefficient (Wildman–Crippen LogP) is 3.13. The maximum absolute atomic E-state index is 12.5. The van der Waals surface area contributed by atoms with E-state index < -0.39 is 0 Å². The number of carbonyl (C=O) groups is 1. The highest BCUT2D eigenvalue weighted by atomic mass is 16.5. The molecular formula is C29H41N9O3. The van der Waals surface area contributed by atoms with Crippen LogP contribution in [0.3, 0.4) is 0 Å². The fraction of sp³-hybridized carbons (Fsp3) is 0.483. The summed E-state index contributed by atoms with van der Waals surface area (Å²) in [5, 5.41) is 12.9. The van der Waals surface area contributed by atoms with Gasteiger partial charge in [-0.05, 0) is 49.2 Å². The number of carbonyl (C=O) groups excluding carboxylic acids is 1. The number of hydrogen-bond donors (Lipinski definition) is 5. The molecule has 12 heteroatoms. The average Bonchev–Trinajstić information content (AvgIpc) is 3.00. The Labute approximate surface area is 241 Å². The number of ether oxygens (including phenoxy) is 2. The molecule has 2 aromatic heterocycles. The molecular weight excluding hydrogens is 522 g/mol. The third-order valence-electron chi connectivity index (χ3n) is 6.53. The van der Waals surface area contributed by atoms with E-state index in [1.54, 1.807) is 18.3 Å². The number of amides is 1. The second-order valence-electron chi connectivity index (χ2n) is 9.76. The van der Waals surface area contributed by atoms with E-state index in [-0.39, 0.29) is 5.91 Å². The highest BCUT2D eigenvalue weighted by molar-refractivity contribution is 5.94. The van der Waals surface area contributed by atoms with E-state index in [0.717, 1.165) is 30.6 Å². The minimum absolute atomic E-state index is 0.168. The molecule has 1 aliphatic carbocycles. The van der Waals surface area contributed by atoms with Crippen LogP contribution in [0.4, 0.5) is 23.5 Å². The molecule has 0 aliphatic heterocycles. The summed E-state index contributed by atoms with van der Waals surface area (Å²) in [7, 11) is 0. The van der Waals surface area contributed by atoms with Crippen molar-refractivity contribution in [2.45, 2.75) is 44.6 Å². The Morgan fingerprint density at radius 2 is 1.61 bits per heavy atom. The van der Waals surface area contributed by atoms with Crippen molar-refractivity contribution in [2.24, 2.45) is 5.73 Å². The van der Waals surface area contributed by atoms with Crippen molar-refractivity contribution in [3.05, 3.63) is 59.9 Å². The van der Waals surface area contributed by atoms with Gasteiger partial charge in [0.25, 0.3) is 5.91 Å². The van der Waals surface area contributed by atoms with Crippen molar-refractivity contribution in [2.75, 3.05) is 62.0 Å². The highest BCUT2D eigenvalue weighted by Crippen LogP contribution is 2.22. The summed E-state index contributed by atoms with van der Waals surface area (Å²) < 4.78 is 10.7. The normalized spacial score (nSPS) is 13.5. The van der Waals surface area contributed by atoms with Crippen molar-refractivity contribution >= 4 is 29.4 Å². The SMILES string of the molecule is NCCOCCOCCNC(=O)c1ccc(Nc2nc(NCCc3ccccn3)nc(NC3CCCCC3)n2)cc1. The minimum Gasteiger partial charge on any atom is -0.378 e. The maximum Gasteiger partial charge on any atom is 0.251 e. The zero-order chi connectivity index (χ0) is 28.5. The number of rotatable bonds is 17. The number of pyridine rings is 1. The van der Waals surface area contributed by atoms with E-state index in [2.05, 4.69) is 41.2 Å². The summed E-state index contributed by atoms with van der Waals surface area (Å²) in [6.07, 6.45) is 8.44. The van der Waals surface area contributed by atoms with Gasteiger partial charge in [0.15, 0.2) is 0 Å². The van der Waals surface area contributed by atoms with Crippen LogP contribution in [-0.4, -0.2) is 77.9 Å². The molecule has 0 radical (unpaired) electrons. The van der Waals surface area contributed by atoms with Crippen LogP contribution in [-0.2, 0) is 15.9 Å². The molecule has 0 bridgehead atoms. The van der Waals surface area contributed by atoms with Crippen LogP contribution in [0.25, 0.3) is 0 Å². The van der Waals surface area contributed by atoms with Crippen molar-refractivity contribution in [1.29, 1.82) is 0 Å². The van der Waals surface area contributed by atoms with Gasteiger partial charge < -0.3 is 36.5 Å². The van der Waals surface area contributed by atoms with Crippen molar-refractivity contribution < 1.29 is 14.3 Å². The Morgan fingerprint density at radius 1 is 0.854 bits per heavy atom. The highest BCUT2D eigenvalue weighted by Gasteiger charge is 2.16. The summed E-state index contributed by atoms with van der Waals surface area (Å²) in [6, 6.07) is 13.4. The van der Waals surface area contributed by atoms with E-state index in [9.17, 15) is 4.79 Å². The summed E-state index contributed by atoms with van der Waals surface area (Å²) in [4.78, 5) is 30.7. The molecule has 6 N–H and O–H groups in total. The van der Waals surface area contributed by atoms with Gasteiger partial charge in [-0.15, -0.1) is 0 Å². The molecule has 0 saturated heterocycles. The van der Waals surface area contributed by atoms with Gasteiger partial charge >= 0.3 is 0 Å². The molecule has 4 rings (SSSR count). The summed E-state index contributed by atoms with van der Waals surface area (Å²) >= 11 is 0. The van der Waals surface area contributed by atoms with Crippen LogP contribution in [0.2, 0.25) is 0 Å². The smallest absolute Gasteiger partial charge is 0.251 e. The molecule has 41 heavy (non-hydrogen) atoms. The maximum atomic E-state index is 12.5. The summed E-state index contributed by atoms with van der Waals surface area (Å²) in [6.45, 7) is 3.42. The van der Waals surface area contributed by atoms with E-state index >= 15 is 0 Å². The molecule has 0 spiro atoms. The second kappa shape index (κ2) is 17.1. The second-order valence-corrected chi connectivity index (χ2v) is 9.76. The molecule has 1 fully saturated rings. The molecule has 220 valence electrons. The topological polar surface area (TPSA) is 161 Å². The first-order valence-electron chi connectivity index (χ1n) is 14.4. The summed E-state index contributed by atoms with van der Waals surface area (Å²) in [5.74, 6) is 1.28. The number of nitrogens with two attached hydrogens (primary N) is 1. The molecule has 0 atom stereocenters. The molecule has 1 saturated carbocycles. The zero-order valence-electron chi connectivity index (χ0n) is 23.5. The van der Waals surface area contributed by atoms with Crippen molar-refractivity contribution in [3.63, 3.8) is 0 Å². The third kappa shape index (κ3) is 10.9. The summed E-state index contributed by atoms with van der Waals surface area (Å²) in [5.41, 5.74) is 7.68. The van der Waals surface area contributed by atoms with Crippen LogP contribution in [0.1, 0.15) is 48.2 Å². The fourth-order valence-corrected chi connectivity index (χ4v) is 4.43. The number of anilines is 4. The Kier molecular flexibility index (Phi) is 12.5. The Morgan fingerprint density at radius 3 is 2.37 bits per heavy atom. The quantitative estimate of drug-likeness (QED) is 0.153. The predicted molar refractivity (Wildman–Crippen MR) is 160 cm³/mol.